The summed E-state index contributed by atoms with van der Waals surface area (Å²) < 4.78 is 11.5. The first-order valence-corrected chi connectivity index (χ1v) is 12.7. The highest BCUT2D eigenvalue weighted by atomic mass is 16.5. The van der Waals surface area contributed by atoms with Gasteiger partial charge < -0.3 is 29.9 Å². The van der Waals surface area contributed by atoms with Crippen molar-refractivity contribution in [2.75, 3.05) is 63.6 Å². The van der Waals surface area contributed by atoms with Crippen molar-refractivity contribution in [1.82, 2.24) is 20.0 Å². The molecule has 0 aliphatic carbocycles. The zero-order valence-corrected chi connectivity index (χ0v) is 21.0. The van der Waals surface area contributed by atoms with Crippen LogP contribution in [0.15, 0.2) is 30.5 Å². The molecule has 190 valence electrons. The molecule has 0 saturated carbocycles. The van der Waals surface area contributed by atoms with E-state index in [9.17, 15) is 4.79 Å². The maximum absolute atomic E-state index is 11.5. The second-order valence-corrected chi connectivity index (χ2v) is 9.40. The van der Waals surface area contributed by atoms with Gasteiger partial charge in [-0.3, -0.25) is 4.79 Å². The number of nitrogens with one attached hydrogen (secondary N) is 2. The molecule has 9 heteroatoms. The number of methoxy groups -OCH3 is 1. The van der Waals surface area contributed by atoms with Crippen molar-refractivity contribution in [3.8, 4) is 11.5 Å². The van der Waals surface area contributed by atoms with Crippen LogP contribution in [0.1, 0.15) is 39.0 Å². The molecule has 1 aromatic heterocycles. The Labute approximate surface area is 208 Å². The van der Waals surface area contributed by atoms with Gasteiger partial charge in [-0.05, 0) is 63.2 Å². The van der Waals surface area contributed by atoms with E-state index in [1.807, 2.05) is 29.2 Å². The molecule has 0 spiro atoms. The van der Waals surface area contributed by atoms with Crippen LogP contribution in [0.5, 0.6) is 11.5 Å². The lowest BCUT2D eigenvalue weighted by atomic mass is 9.97. The Morgan fingerprint density at radius 1 is 1.09 bits per heavy atom. The number of piperidine rings is 1. The molecule has 9 nitrogen and oxygen atoms in total. The fraction of sp³-hybridized carbons (Fsp3) is 0.577. The Kier molecular flexibility index (Phi) is 9.00. The van der Waals surface area contributed by atoms with Gasteiger partial charge in [0.1, 0.15) is 0 Å². The zero-order chi connectivity index (χ0) is 24.5. The van der Waals surface area contributed by atoms with Gasteiger partial charge in [0.15, 0.2) is 17.3 Å². The molecule has 4 rings (SSSR count). The molecular formula is C26H38N6O3. The van der Waals surface area contributed by atoms with Gasteiger partial charge in [-0.1, -0.05) is 0 Å². The number of hydrogen-bond acceptors (Lipinski definition) is 8. The van der Waals surface area contributed by atoms with Gasteiger partial charge in [-0.25, -0.2) is 0 Å². The fourth-order valence-electron chi connectivity index (χ4n) is 4.73. The average Bonchev–Trinajstić information content (AvgIpc) is 3.40. The first-order chi connectivity index (χ1) is 17.1. The van der Waals surface area contributed by atoms with Gasteiger partial charge in [-0.15, -0.1) is 5.10 Å². The number of anilines is 3. The zero-order valence-electron chi connectivity index (χ0n) is 21.0. The predicted molar refractivity (Wildman–Crippen MR) is 138 cm³/mol. The van der Waals surface area contributed by atoms with E-state index < -0.39 is 0 Å². The highest BCUT2D eigenvalue weighted by Gasteiger charge is 2.20. The normalized spacial score (nSPS) is 16.8. The third-order valence-electron chi connectivity index (χ3n) is 6.82. The van der Waals surface area contributed by atoms with Crippen LogP contribution in [0.25, 0.3) is 0 Å². The highest BCUT2D eigenvalue weighted by molar-refractivity contribution is 5.73. The van der Waals surface area contributed by atoms with Gasteiger partial charge in [0.25, 0.3) is 0 Å². The summed E-state index contributed by atoms with van der Waals surface area (Å²) in [6.45, 7) is 8.31. The van der Waals surface area contributed by atoms with E-state index in [-0.39, 0.29) is 5.91 Å². The van der Waals surface area contributed by atoms with Gasteiger partial charge in [0.05, 0.1) is 25.6 Å². The van der Waals surface area contributed by atoms with E-state index in [2.05, 4.69) is 25.7 Å². The molecule has 2 aliphatic rings. The molecule has 2 N–H and O–H groups in total. The maximum Gasteiger partial charge on any atom is 0.219 e. The summed E-state index contributed by atoms with van der Waals surface area (Å²) >= 11 is 0. The Morgan fingerprint density at radius 3 is 2.63 bits per heavy atom. The van der Waals surface area contributed by atoms with Gasteiger partial charge in [-0.2, -0.15) is 5.10 Å². The molecule has 0 unspecified atom stereocenters. The maximum atomic E-state index is 11.5. The Morgan fingerprint density at radius 2 is 1.89 bits per heavy atom. The summed E-state index contributed by atoms with van der Waals surface area (Å²) in [4.78, 5) is 15.9. The standard InChI is InChI=1S/C26H38N6O3/c1-20(33)32-13-8-21(9-14-32)18-27-23-17-26(30-28-19-23)29-22-6-7-24(34-2)25(16-22)35-15-5-12-31-10-3-4-11-31/h6-7,16-17,19,21H,3-5,8-15,18H2,1-2H3,(H2,27,29,30). The molecule has 2 aromatic rings. The minimum Gasteiger partial charge on any atom is -0.493 e. The topological polar surface area (TPSA) is 91.9 Å². The molecule has 2 saturated heterocycles. The lowest BCUT2D eigenvalue weighted by Gasteiger charge is -2.31. The number of amides is 1. The molecule has 2 fully saturated rings. The van der Waals surface area contributed by atoms with E-state index in [0.29, 0.717) is 24.1 Å². The molecule has 1 aromatic carbocycles. The van der Waals surface area contributed by atoms with Crippen molar-refractivity contribution in [3.63, 3.8) is 0 Å². The number of aromatic nitrogens is 2. The summed E-state index contributed by atoms with van der Waals surface area (Å²) in [5.41, 5.74) is 1.78. The number of carbonyl (C=O) groups is 1. The molecule has 2 aliphatic heterocycles. The van der Waals surface area contributed by atoms with Crippen LogP contribution < -0.4 is 20.1 Å². The first-order valence-electron chi connectivity index (χ1n) is 12.7. The summed E-state index contributed by atoms with van der Waals surface area (Å²) in [7, 11) is 1.66. The molecular weight excluding hydrogens is 444 g/mol. The Balaban J connectivity index is 1.28. The third kappa shape index (κ3) is 7.45. The van der Waals surface area contributed by atoms with E-state index in [4.69, 9.17) is 9.47 Å². The van der Waals surface area contributed by atoms with Crippen LogP contribution in [0.2, 0.25) is 0 Å². The summed E-state index contributed by atoms with van der Waals surface area (Å²) in [5, 5.41) is 15.2. The lowest BCUT2D eigenvalue weighted by molar-refractivity contribution is -0.130. The minimum atomic E-state index is 0.166. The second kappa shape index (κ2) is 12.6. The molecule has 0 bridgehead atoms. The van der Waals surface area contributed by atoms with E-state index >= 15 is 0 Å². The van der Waals surface area contributed by atoms with Crippen LogP contribution in [0.3, 0.4) is 0 Å². The monoisotopic (exact) mass is 482 g/mol. The van der Waals surface area contributed by atoms with Crippen LogP contribution in [0.4, 0.5) is 17.2 Å². The summed E-state index contributed by atoms with van der Waals surface area (Å²) in [6.07, 6.45) is 7.38. The molecule has 3 heterocycles. The number of carbonyl (C=O) groups excluding carboxylic acids is 1. The first kappa shape index (κ1) is 25.0. The lowest BCUT2D eigenvalue weighted by Crippen LogP contribution is -2.38. The minimum absolute atomic E-state index is 0.166. The average molecular weight is 483 g/mol. The van der Waals surface area contributed by atoms with Crippen molar-refractivity contribution < 1.29 is 14.3 Å². The second-order valence-electron chi connectivity index (χ2n) is 9.40. The van der Waals surface area contributed by atoms with Crippen molar-refractivity contribution >= 4 is 23.1 Å². The van der Waals surface area contributed by atoms with E-state index in [0.717, 1.165) is 62.6 Å². The van der Waals surface area contributed by atoms with Crippen LogP contribution in [-0.4, -0.2) is 78.9 Å². The SMILES string of the molecule is COc1ccc(Nc2cc(NCC3CCN(C(C)=O)CC3)cnn2)cc1OCCCN1CCCC1. The summed E-state index contributed by atoms with van der Waals surface area (Å²) in [5.74, 6) is 2.81. The number of ether oxygens (including phenoxy) is 2. The number of rotatable bonds is 11. The Bertz CT molecular complexity index is 958. The molecule has 1 amide bonds. The van der Waals surface area contributed by atoms with Gasteiger partial charge in [0, 0.05) is 50.9 Å². The van der Waals surface area contributed by atoms with Crippen molar-refractivity contribution in [2.24, 2.45) is 5.92 Å². The number of likely N-dealkylation sites (tertiary alicyclic amines) is 2. The van der Waals surface area contributed by atoms with Crippen LogP contribution in [0, 0.1) is 5.92 Å². The van der Waals surface area contributed by atoms with Crippen LogP contribution in [-0.2, 0) is 4.79 Å². The van der Waals surface area contributed by atoms with Crippen molar-refractivity contribution in [3.05, 3.63) is 30.5 Å². The highest BCUT2D eigenvalue weighted by Crippen LogP contribution is 2.31. The molecule has 0 atom stereocenters. The molecule has 0 radical (unpaired) electrons. The quantitative estimate of drug-likeness (QED) is 0.468. The predicted octanol–water partition coefficient (Wildman–Crippen LogP) is 3.76. The summed E-state index contributed by atoms with van der Waals surface area (Å²) in [6, 6.07) is 7.75. The number of hydrogen-bond donors (Lipinski definition) is 2. The molecule has 35 heavy (non-hydrogen) atoms. The van der Waals surface area contributed by atoms with Crippen LogP contribution >= 0.6 is 0 Å². The van der Waals surface area contributed by atoms with Crippen molar-refractivity contribution in [1.29, 1.82) is 0 Å². The van der Waals surface area contributed by atoms with E-state index in [1.165, 1.54) is 25.9 Å². The van der Waals surface area contributed by atoms with E-state index in [1.54, 1.807) is 20.2 Å². The number of benzene rings is 1. The fourth-order valence-corrected chi connectivity index (χ4v) is 4.73. The van der Waals surface area contributed by atoms with Crippen molar-refractivity contribution in [2.45, 2.75) is 39.0 Å². The largest absolute Gasteiger partial charge is 0.493 e. The third-order valence-corrected chi connectivity index (χ3v) is 6.82. The van der Waals surface area contributed by atoms with Gasteiger partial charge >= 0.3 is 0 Å². The number of nitrogens with zero attached hydrogens (tertiary/aromatic N) is 4. The smallest absolute Gasteiger partial charge is 0.219 e. The van der Waals surface area contributed by atoms with Gasteiger partial charge in [0.2, 0.25) is 5.91 Å². The Hall–Kier alpha value is -3.07.